The largest absolute Gasteiger partial charge is 0.500 e. The standard InChI is InChI=1S/C19H16O2/c1-2-21-15-18(14-13-16-9-5-3-6-10-16)19(20)17-11-7-4-8-12-17/h3-12,15H,2H2,1H3/b18-15+. The Kier molecular flexibility index (Phi) is 5.37. The van der Waals surface area contributed by atoms with Gasteiger partial charge in [0, 0.05) is 11.1 Å². The number of hydrogen-bond acceptors (Lipinski definition) is 2. The van der Waals surface area contributed by atoms with Gasteiger partial charge in [0.15, 0.2) is 0 Å². The number of hydrogen-bond donors (Lipinski definition) is 0. The van der Waals surface area contributed by atoms with Crippen molar-refractivity contribution >= 4 is 5.78 Å². The summed E-state index contributed by atoms with van der Waals surface area (Å²) in [6.45, 7) is 2.37. The van der Waals surface area contributed by atoms with E-state index in [4.69, 9.17) is 4.74 Å². The Morgan fingerprint density at radius 3 is 2.29 bits per heavy atom. The molecule has 0 aliphatic heterocycles. The first-order valence-electron chi connectivity index (χ1n) is 6.80. The molecule has 0 aliphatic rings. The van der Waals surface area contributed by atoms with E-state index in [1.807, 2.05) is 55.5 Å². The minimum atomic E-state index is -0.132. The quantitative estimate of drug-likeness (QED) is 0.367. The molecule has 0 bridgehead atoms. The van der Waals surface area contributed by atoms with Crippen molar-refractivity contribution in [3.8, 4) is 11.8 Å². The van der Waals surface area contributed by atoms with Crippen molar-refractivity contribution in [3.63, 3.8) is 0 Å². The molecule has 0 aliphatic carbocycles. The Morgan fingerprint density at radius 1 is 1.05 bits per heavy atom. The molecular weight excluding hydrogens is 260 g/mol. The highest BCUT2D eigenvalue weighted by atomic mass is 16.5. The molecule has 2 rings (SSSR count). The zero-order valence-corrected chi connectivity index (χ0v) is 11.9. The summed E-state index contributed by atoms with van der Waals surface area (Å²) in [6.07, 6.45) is 1.44. The predicted octanol–water partition coefficient (Wildman–Crippen LogP) is 3.84. The average Bonchev–Trinajstić information content (AvgIpc) is 2.56. The molecule has 0 radical (unpaired) electrons. The summed E-state index contributed by atoms with van der Waals surface area (Å²) in [5, 5.41) is 0. The average molecular weight is 276 g/mol. The van der Waals surface area contributed by atoms with Crippen molar-refractivity contribution in [1.82, 2.24) is 0 Å². The summed E-state index contributed by atoms with van der Waals surface area (Å²) >= 11 is 0. The molecule has 2 heteroatoms. The van der Waals surface area contributed by atoms with Crippen LogP contribution in [0.2, 0.25) is 0 Å². The van der Waals surface area contributed by atoms with Gasteiger partial charge in [-0.1, -0.05) is 60.4 Å². The van der Waals surface area contributed by atoms with Crippen LogP contribution in [0.4, 0.5) is 0 Å². The maximum Gasteiger partial charge on any atom is 0.204 e. The summed E-state index contributed by atoms with van der Waals surface area (Å²) < 4.78 is 5.24. The third kappa shape index (κ3) is 4.36. The predicted molar refractivity (Wildman–Crippen MR) is 83.8 cm³/mol. The van der Waals surface area contributed by atoms with Crippen LogP contribution in [-0.4, -0.2) is 12.4 Å². The van der Waals surface area contributed by atoms with E-state index in [-0.39, 0.29) is 5.78 Å². The lowest BCUT2D eigenvalue weighted by atomic mass is 10.0. The molecule has 0 amide bonds. The van der Waals surface area contributed by atoms with Crippen molar-refractivity contribution in [2.75, 3.05) is 6.61 Å². The van der Waals surface area contributed by atoms with Gasteiger partial charge in [0.1, 0.15) is 11.8 Å². The van der Waals surface area contributed by atoms with Crippen LogP contribution in [0.25, 0.3) is 0 Å². The fraction of sp³-hybridized carbons (Fsp3) is 0.105. The first kappa shape index (κ1) is 14.6. The Labute approximate surface area is 125 Å². The topological polar surface area (TPSA) is 26.3 Å². The van der Waals surface area contributed by atoms with E-state index in [0.717, 1.165) is 5.56 Å². The number of ether oxygens (including phenoxy) is 1. The van der Waals surface area contributed by atoms with E-state index in [9.17, 15) is 4.79 Å². The van der Waals surface area contributed by atoms with E-state index in [2.05, 4.69) is 11.8 Å². The van der Waals surface area contributed by atoms with Crippen LogP contribution >= 0.6 is 0 Å². The van der Waals surface area contributed by atoms with Gasteiger partial charge in [0.05, 0.1) is 6.61 Å². The second kappa shape index (κ2) is 7.72. The van der Waals surface area contributed by atoms with Crippen LogP contribution in [0.15, 0.2) is 72.5 Å². The van der Waals surface area contributed by atoms with Gasteiger partial charge in [-0.15, -0.1) is 0 Å². The first-order valence-corrected chi connectivity index (χ1v) is 6.80. The van der Waals surface area contributed by atoms with Gasteiger partial charge in [0.2, 0.25) is 5.78 Å². The monoisotopic (exact) mass is 276 g/mol. The van der Waals surface area contributed by atoms with E-state index in [1.54, 1.807) is 12.1 Å². The second-order valence-corrected chi connectivity index (χ2v) is 4.30. The molecule has 21 heavy (non-hydrogen) atoms. The molecule has 0 atom stereocenters. The molecule has 0 aromatic heterocycles. The van der Waals surface area contributed by atoms with Gasteiger partial charge in [-0.25, -0.2) is 0 Å². The number of carbonyl (C=O) groups excluding carboxylic acids is 1. The summed E-state index contributed by atoms with van der Waals surface area (Å²) in [7, 11) is 0. The van der Waals surface area contributed by atoms with Crippen LogP contribution in [0.5, 0.6) is 0 Å². The molecule has 0 N–H and O–H groups in total. The molecule has 2 aromatic rings. The summed E-state index contributed by atoms with van der Waals surface area (Å²) in [6, 6.07) is 18.6. The fourth-order valence-corrected chi connectivity index (χ4v) is 1.71. The first-order chi connectivity index (χ1) is 10.3. The second-order valence-electron chi connectivity index (χ2n) is 4.30. The highest BCUT2D eigenvalue weighted by Gasteiger charge is 2.10. The Balaban J connectivity index is 2.28. The molecule has 0 saturated carbocycles. The fourth-order valence-electron chi connectivity index (χ4n) is 1.71. The van der Waals surface area contributed by atoms with Gasteiger partial charge < -0.3 is 4.74 Å². The summed E-state index contributed by atoms with van der Waals surface area (Å²) in [5.41, 5.74) is 1.82. The molecule has 0 spiro atoms. The molecule has 2 nitrogen and oxygen atoms in total. The van der Waals surface area contributed by atoms with Crippen LogP contribution in [0.1, 0.15) is 22.8 Å². The zero-order chi connectivity index (χ0) is 14.9. The number of benzene rings is 2. The Hall–Kier alpha value is -2.79. The van der Waals surface area contributed by atoms with E-state index < -0.39 is 0 Å². The molecule has 104 valence electrons. The molecule has 0 fully saturated rings. The minimum Gasteiger partial charge on any atom is -0.500 e. The number of Topliss-reactive ketones (excluding diaryl/α,β-unsaturated/α-hetero) is 1. The molecular formula is C19H16O2. The normalized spacial score (nSPS) is 10.4. The van der Waals surface area contributed by atoms with E-state index >= 15 is 0 Å². The zero-order valence-electron chi connectivity index (χ0n) is 11.9. The highest BCUT2D eigenvalue weighted by molar-refractivity contribution is 6.11. The van der Waals surface area contributed by atoms with E-state index in [1.165, 1.54) is 6.26 Å². The smallest absolute Gasteiger partial charge is 0.204 e. The van der Waals surface area contributed by atoms with Crippen LogP contribution in [0.3, 0.4) is 0 Å². The van der Waals surface area contributed by atoms with Gasteiger partial charge >= 0.3 is 0 Å². The molecule has 0 saturated heterocycles. The number of ketones is 1. The SMILES string of the molecule is CCO/C=C(\C#Cc1ccccc1)C(=O)c1ccccc1. The summed E-state index contributed by atoms with van der Waals surface area (Å²) in [5.74, 6) is 5.76. The number of allylic oxidation sites excluding steroid dienone is 1. The maximum absolute atomic E-state index is 12.4. The Morgan fingerprint density at radius 2 is 1.67 bits per heavy atom. The lowest BCUT2D eigenvalue weighted by Crippen LogP contribution is -2.02. The number of carbonyl (C=O) groups is 1. The van der Waals surface area contributed by atoms with Crippen LogP contribution in [0, 0.1) is 11.8 Å². The lowest BCUT2D eigenvalue weighted by molar-refractivity contribution is 0.103. The summed E-state index contributed by atoms with van der Waals surface area (Å²) in [4.78, 5) is 12.4. The molecule has 0 heterocycles. The van der Waals surface area contributed by atoms with E-state index in [0.29, 0.717) is 17.7 Å². The number of rotatable bonds is 4. The van der Waals surface area contributed by atoms with Crippen molar-refractivity contribution in [2.45, 2.75) is 6.92 Å². The van der Waals surface area contributed by atoms with Gasteiger partial charge in [-0.05, 0) is 19.1 Å². The lowest BCUT2D eigenvalue weighted by Gasteiger charge is -2.01. The van der Waals surface area contributed by atoms with Gasteiger partial charge in [-0.3, -0.25) is 4.79 Å². The van der Waals surface area contributed by atoms with Crippen LogP contribution in [-0.2, 0) is 4.74 Å². The third-order valence-electron chi connectivity index (χ3n) is 2.76. The van der Waals surface area contributed by atoms with Crippen molar-refractivity contribution in [1.29, 1.82) is 0 Å². The minimum absolute atomic E-state index is 0.132. The van der Waals surface area contributed by atoms with Gasteiger partial charge in [0.25, 0.3) is 0 Å². The highest BCUT2D eigenvalue weighted by Crippen LogP contribution is 2.08. The maximum atomic E-state index is 12.4. The van der Waals surface area contributed by atoms with Crippen molar-refractivity contribution in [2.24, 2.45) is 0 Å². The van der Waals surface area contributed by atoms with Gasteiger partial charge in [-0.2, -0.15) is 0 Å². The van der Waals surface area contributed by atoms with Crippen molar-refractivity contribution < 1.29 is 9.53 Å². The molecule has 0 unspecified atom stereocenters. The van der Waals surface area contributed by atoms with Crippen LogP contribution < -0.4 is 0 Å². The Bertz CT molecular complexity index is 674. The third-order valence-corrected chi connectivity index (χ3v) is 2.76. The van der Waals surface area contributed by atoms with Crippen molar-refractivity contribution in [3.05, 3.63) is 83.6 Å². The molecule has 2 aromatic carbocycles.